The molecule has 17 heavy (non-hydrogen) atoms. The molecular weight excluding hydrogens is 246 g/mol. The summed E-state index contributed by atoms with van der Waals surface area (Å²) >= 11 is 0. The zero-order valence-electron chi connectivity index (χ0n) is 9.35. The minimum absolute atomic E-state index is 0.0707. The second kappa shape index (κ2) is 4.91. The molecular formula is C9H13N3O4S. The van der Waals surface area contributed by atoms with Crippen LogP contribution in [0.3, 0.4) is 0 Å². The van der Waals surface area contributed by atoms with E-state index in [1.54, 1.807) is 0 Å². The first-order chi connectivity index (χ1) is 7.90. The van der Waals surface area contributed by atoms with Gasteiger partial charge in [0.05, 0.1) is 7.11 Å². The van der Waals surface area contributed by atoms with Crippen LogP contribution in [0.2, 0.25) is 0 Å². The van der Waals surface area contributed by atoms with Gasteiger partial charge in [0.15, 0.2) is 0 Å². The van der Waals surface area contributed by atoms with Crippen molar-refractivity contribution in [2.45, 2.75) is 4.90 Å². The second-order valence-electron chi connectivity index (χ2n) is 3.09. The number of ether oxygens (including phenoxy) is 1. The van der Waals surface area contributed by atoms with Crippen molar-refractivity contribution in [2.75, 3.05) is 19.9 Å². The van der Waals surface area contributed by atoms with Crippen LogP contribution in [-0.4, -0.2) is 28.6 Å². The summed E-state index contributed by atoms with van der Waals surface area (Å²) in [6.07, 6.45) is 0. The molecule has 7 nitrogen and oxygen atoms in total. The molecule has 0 aliphatic rings. The molecule has 1 rings (SSSR count). The zero-order valence-corrected chi connectivity index (χ0v) is 10.2. The lowest BCUT2D eigenvalue weighted by Crippen LogP contribution is -2.37. The number of nitrogens with two attached hydrogens (primary N) is 1. The highest BCUT2D eigenvalue weighted by molar-refractivity contribution is 7.90. The third kappa shape index (κ3) is 3.00. The standard InChI is InChI=1S/C9H13N3O4S/c1-11-9(13)12-17(14,15)8-4-3-6(10)5-7(8)16-2/h3-5H,10H2,1-2H3,(H2,11,12,13). The molecule has 0 heterocycles. The minimum atomic E-state index is -3.97. The Morgan fingerprint density at radius 3 is 2.59 bits per heavy atom. The predicted molar refractivity (Wildman–Crippen MR) is 62.2 cm³/mol. The van der Waals surface area contributed by atoms with E-state index in [1.165, 1.54) is 32.4 Å². The van der Waals surface area contributed by atoms with Crippen LogP contribution in [0.15, 0.2) is 23.1 Å². The summed E-state index contributed by atoms with van der Waals surface area (Å²) in [5.74, 6) is 0.0707. The normalized spacial score (nSPS) is 10.7. The molecule has 2 amide bonds. The first-order valence-corrected chi connectivity index (χ1v) is 6.07. The largest absolute Gasteiger partial charge is 0.495 e. The van der Waals surface area contributed by atoms with E-state index < -0.39 is 16.1 Å². The highest BCUT2D eigenvalue weighted by Gasteiger charge is 2.21. The van der Waals surface area contributed by atoms with E-state index in [2.05, 4.69) is 5.32 Å². The van der Waals surface area contributed by atoms with Gasteiger partial charge < -0.3 is 15.8 Å². The van der Waals surface area contributed by atoms with Crippen molar-refractivity contribution < 1.29 is 17.9 Å². The number of methoxy groups -OCH3 is 1. The Kier molecular flexibility index (Phi) is 3.79. The second-order valence-corrected chi connectivity index (χ2v) is 4.75. The first kappa shape index (κ1) is 13.1. The third-order valence-corrected chi connectivity index (χ3v) is 3.30. The highest BCUT2D eigenvalue weighted by Crippen LogP contribution is 2.25. The van der Waals surface area contributed by atoms with Gasteiger partial charge in [0.25, 0.3) is 10.0 Å². The van der Waals surface area contributed by atoms with Crippen LogP contribution in [0.1, 0.15) is 0 Å². The topological polar surface area (TPSA) is 111 Å². The third-order valence-electron chi connectivity index (χ3n) is 1.93. The maximum Gasteiger partial charge on any atom is 0.328 e. The smallest absolute Gasteiger partial charge is 0.328 e. The summed E-state index contributed by atoms with van der Waals surface area (Å²) < 4.78 is 30.3. The number of nitrogens with one attached hydrogen (secondary N) is 2. The molecule has 0 aliphatic heterocycles. The molecule has 0 spiro atoms. The number of urea groups is 1. The van der Waals surface area contributed by atoms with Gasteiger partial charge >= 0.3 is 6.03 Å². The molecule has 0 atom stereocenters. The molecule has 0 saturated carbocycles. The van der Waals surface area contributed by atoms with E-state index in [9.17, 15) is 13.2 Å². The molecule has 8 heteroatoms. The first-order valence-electron chi connectivity index (χ1n) is 4.58. The van der Waals surface area contributed by atoms with Crippen LogP contribution in [0.25, 0.3) is 0 Å². The molecule has 94 valence electrons. The summed E-state index contributed by atoms with van der Waals surface area (Å²) in [5, 5.41) is 2.14. The maximum absolute atomic E-state index is 11.8. The number of rotatable bonds is 3. The Bertz CT molecular complexity index is 527. The average Bonchev–Trinajstić information content (AvgIpc) is 2.27. The van der Waals surface area contributed by atoms with Gasteiger partial charge in [-0.25, -0.2) is 17.9 Å². The van der Waals surface area contributed by atoms with E-state index in [1.807, 2.05) is 4.72 Å². The van der Waals surface area contributed by atoms with Crippen molar-refractivity contribution in [2.24, 2.45) is 0 Å². The SMILES string of the molecule is CNC(=O)NS(=O)(=O)c1ccc(N)cc1OC. The highest BCUT2D eigenvalue weighted by atomic mass is 32.2. The lowest BCUT2D eigenvalue weighted by Gasteiger charge is -2.10. The van der Waals surface area contributed by atoms with E-state index in [4.69, 9.17) is 10.5 Å². The van der Waals surface area contributed by atoms with Crippen molar-refractivity contribution in [1.82, 2.24) is 10.0 Å². The van der Waals surface area contributed by atoms with Gasteiger partial charge in [-0.3, -0.25) is 0 Å². The molecule has 0 radical (unpaired) electrons. The average molecular weight is 259 g/mol. The Balaban J connectivity index is 3.19. The van der Waals surface area contributed by atoms with Gasteiger partial charge in [0, 0.05) is 18.8 Å². The molecule has 0 unspecified atom stereocenters. The molecule has 1 aromatic carbocycles. The molecule has 0 aromatic heterocycles. The van der Waals surface area contributed by atoms with Gasteiger partial charge in [-0.1, -0.05) is 0 Å². The van der Waals surface area contributed by atoms with E-state index >= 15 is 0 Å². The number of carbonyl (C=O) groups is 1. The van der Waals surface area contributed by atoms with Crippen LogP contribution in [0.4, 0.5) is 10.5 Å². The quantitative estimate of drug-likeness (QED) is 0.656. The van der Waals surface area contributed by atoms with Gasteiger partial charge in [0.1, 0.15) is 10.6 Å². The number of nitrogen functional groups attached to an aromatic ring is 1. The number of benzene rings is 1. The Hall–Kier alpha value is -1.96. The Morgan fingerprint density at radius 1 is 1.41 bits per heavy atom. The molecule has 4 N–H and O–H groups in total. The number of sulfonamides is 1. The number of hydrogen-bond acceptors (Lipinski definition) is 5. The van der Waals surface area contributed by atoms with Crippen molar-refractivity contribution in [3.63, 3.8) is 0 Å². The fourth-order valence-corrected chi connectivity index (χ4v) is 2.24. The fourth-order valence-electron chi connectivity index (χ4n) is 1.13. The number of amides is 2. The molecule has 1 aromatic rings. The fraction of sp³-hybridized carbons (Fsp3) is 0.222. The molecule has 0 bridgehead atoms. The van der Waals surface area contributed by atoms with E-state index in [0.29, 0.717) is 5.69 Å². The minimum Gasteiger partial charge on any atom is -0.495 e. The number of anilines is 1. The van der Waals surface area contributed by atoms with Crippen molar-refractivity contribution in [1.29, 1.82) is 0 Å². The molecule has 0 aliphatic carbocycles. The maximum atomic E-state index is 11.8. The van der Waals surface area contributed by atoms with Crippen LogP contribution in [0.5, 0.6) is 5.75 Å². The molecule has 0 saturated heterocycles. The number of carbonyl (C=O) groups excluding carboxylic acids is 1. The Morgan fingerprint density at radius 2 is 2.06 bits per heavy atom. The predicted octanol–water partition coefficient (Wildman–Crippen LogP) is -0.105. The van der Waals surface area contributed by atoms with Gasteiger partial charge in [-0.15, -0.1) is 0 Å². The van der Waals surface area contributed by atoms with Crippen LogP contribution in [0, 0.1) is 0 Å². The lowest BCUT2D eigenvalue weighted by molar-refractivity contribution is 0.247. The zero-order chi connectivity index (χ0) is 13.1. The van der Waals surface area contributed by atoms with Crippen LogP contribution < -0.4 is 20.5 Å². The van der Waals surface area contributed by atoms with E-state index in [-0.39, 0.29) is 10.6 Å². The van der Waals surface area contributed by atoms with Crippen molar-refractivity contribution in [3.8, 4) is 5.75 Å². The van der Waals surface area contributed by atoms with E-state index in [0.717, 1.165) is 0 Å². The lowest BCUT2D eigenvalue weighted by atomic mass is 10.3. The summed E-state index contributed by atoms with van der Waals surface area (Å²) in [5.41, 5.74) is 5.86. The monoisotopic (exact) mass is 259 g/mol. The van der Waals surface area contributed by atoms with Gasteiger partial charge in [-0.2, -0.15) is 0 Å². The molecule has 0 fully saturated rings. The summed E-state index contributed by atoms with van der Waals surface area (Å²) in [6, 6.07) is 3.20. The summed E-state index contributed by atoms with van der Waals surface area (Å²) in [6.45, 7) is 0. The Labute approximate surface area is 99.0 Å². The summed E-state index contributed by atoms with van der Waals surface area (Å²) in [4.78, 5) is 10.8. The van der Waals surface area contributed by atoms with Gasteiger partial charge in [0.2, 0.25) is 0 Å². The van der Waals surface area contributed by atoms with Crippen LogP contribution >= 0.6 is 0 Å². The van der Waals surface area contributed by atoms with Crippen molar-refractivity contribution >= 4 is 21.7 Å². The van der Waals surface area contributed by atoms with Crippen molar-refractivity contribution in [3.05, 3.63) is 18.2 Å². The van der Waals surface area contributed by atoms with Gasteiger partial charge in [-0.05, 0) is 12.1 Å². The van der Waals surface area contributed by atoms with Crippen LogP contribution in [-0.2, 0) is 10.0 Å². The summed E-state index contributed by atoms with van der Waals surface area (Å²) in [7, 11) is -1.35. The number of hydrogen-bond donors (Lipinski definition) is 3.